The Balaban J connectivity index is 2.81. The van der Waals surface area contributed by atoms with Crippen LogP contribution in [0.15, 0.2) is 21.3 Å². The molecule has 0 aliphatic rings. The summed E-state index contributed by atoms with van der Waals surface area (Å²) in [7, 11) is 0. The molecule has 0 saturated heterocycles. The molecule has 1 aromatic heterocycles. The molecule has 0 aliphatic heterocycles. The SMILES string of the molecule is CCCCc1c(Br)ccnc1Br. The van der Waals surface area contributed by atoms with Gasteiger partial charge in [-0.25, -0.2) is 4.98 Å². The van der Waals surface area contributed by atoms with E-state index in [0.29, 0.717) is 0 Å². The van der Waals surface area contributed by atoms with Crippen LogP contribution in [0.3, 0.4) is 0 Å². The van der Waals surface area contributed by atoms with E-state index in [1.165, 1.54) is 18.4 Å². The number of hydrogen-bond acceptors (Lipinski definition) is 1. The van der Waals surface area contributed by atoms with Gasteiger partial charge in [-0.2, -0.15) is 0 Å². The van der Waals surface area contributed by atoms with E-state index in [9.17, 15) is 0 Å². The Labute approximate surface area is 89.8 Å². The predicted molar refractivity (Wildman–Crippen MR) is 58.2 cm³/mol. The maximum Gasteiger partial charge on any atom is 0.110 e. The average molecular weight is 293 g/mol. The standard InChI is InChI=1S/C9H11Br2N/c1-2-3-4-7-8(10)5-6-12-9(7)11/h5-6H,2-4H2,1H3. The van der Waals surface area contributed by atoms with Gasteiger partial charge in [0.05, 0.1) is 0 Å². The molecule has 1 rings (SSSR count). The van der Waals surface area contributed by atoms with Crippen LogP contribution in [-0.2, 0) is 6.42 Å². The van der Waals surface area contributed by atoms with Crippen molar-refractivity contribution in [2.45, 2.75) is 26.2 Å². The van der Waals surface area contributed by atoms with E-state index in [2.05, 4.69) is 43.8 Å². The summed E-state index contributed by atoms with van der Waals surface area (Å²) in [5, 5.41) is 0. The van der Waals surface area contributed by atoms with Crippen molar-refractivity contribution in [3.05, 3.63) is 26.9 Å². The largest absolute Gasteiger partial charge is 0.249 e. The highest BCUT2D eigenvalue weighted by Crippen LogP contribution is 2.24. The van der Waals surface area contributed by atoms with Crippen molar-refractivity contribution in [2.75, 3.05) is 0 Å². The molecule has 0 aliphatic carbocycles. The number of nitrogens with zero attached hydrogens (tertiary/aromatic N) is 1. The Morgan fingerprint density at radius 1 is 1.42 bits per heavy atom. The van der Waals surface area contributed by atoms with Crippen molar-refractivity contribution in [1.82, 2.24) is 4.98 Å². The van der Waals surface area contributed by atoms with Crippen molar-refractivity contribution in [2.24, 2.45) is 0 Å². The fourth-order valence-corrected chi connectivity index (χ4v) is 2.32. The molecule has 0 unspecified atom stereocenters. The average Bonchev–Trinajstić information content (AvgIpc) is 2.04. The second kappa shape index (κ2) is 4.97. The number of aromatic nitrogens is 1. The molecule has 0 saturated carbocycles. The number of unbranched alkanes of at least 4 members (excludes halogenated alkanes) is 1. The van der Waals surface area contributed by atoms with Gasteiger partial charge in [0.2, 0.25) is 0 Å². The quantitative estimate of drug-likeness (QED) is 0.769. The minimum Gasteiger partial charge on any atom is -0.249 e. The molecule has 3 heteroatoms. The number of pyridine rings is 1. The Hall–Kier alpha value is 0.110. The first kappa shape index (κ1) is 10.2. The van der Waals surface area contributed by atoms with Crippen LogP contribution in [0, 0.1) is 0 Å². The zero-order chi connectivity index (χ0) is 8.97. The summed E-state index contributed by atoms with van der Waals surface area (Å²) in [6, 6.07) is 1.98. The summed E-state index contributed by atoms with van der Waals surface area (Å²) in [5.41, 5.74) is 1.28. The van der Waals surface area contributed by atoms with Crippen LogP contribution in [0.4, 0.5) is 0 Å². The molecule has 12 heavy (non-hydrogen) atoms. The van der Waals surface area contributed by atoms with Crippen molar-refractivity contribution >= 4 is 31.9 Å². The molecule has 0 fully saturated rings. The lowest BCUT2D eigenvalue weighted by Crippen LogP contribution is -1.90. The lowest BCUT2D eigenvalue weighted by molar-refractivity contribution is 0.786. The van der Waals surface area contributed by atoms with E-state index in [4.69, 9.17) is 0 Å². The first-order valence-corrected chi connectivity index (χ1v) is 5.63. The monoisotopic (exact) mass is 291 g/mol. The molecule has 0 bridgehead atoms. The fourth-order valence-electron chi connectivity index (χ4n) is 1.02. The molecule has 0 aromatic carbocycles. The van der Waals surface area contributed by atoms with Gasteiger partial charge < -0.3 is 0 Å². The van der Waals surface area contributed by atoms with Crippen LogP contribution in [0.2, 0.25) is 0 Å². The third-order valence-corrected chi connectivity index (χ3v) is 3.15. The van der Waals surface area contributed by atoms with E-state index in [1.54, 1.807) is 6.20 Å². The van der Waals surface area contributed by atoms with Gasteiger partial charge in [-0.3, -0.25) is 0 Å². The number of halogens is 2. The van der Waals surface area contributed by atoms with Gasteiger partial charge in [0.25, 0.3) is 0 Å². The summed E-state index contributed by atoms with van der Waals surface area (Å²) in [6.07, 6.45) is 5.31. The highest BCUT2D eigenvalue weighted by Gasteiger charge is 2.03. The molecular weight excluding hydrogens is 282 g/mol. The molecule has 1 aromatic rings. The van der Waals surface area contributed by atoms with Gasteiger partial charge in [0.1, 0.15) is 4.60 Å². The minimum absolute atomic E-state index is 0.963. The second-order valence-electron chi connectivity index (χ2n) is 2.67. The smallest absolute Gasteiger partial charge is 0.110 e. The molecule has 0 amide bonds. The lowest BCUT2D eigenvalue weighted by Gasteiger charge is -2.04. The molecule has 0 atom stereocenters. The molecule has 1 heterocycles. The van der Waals surface area contributed by atoms with Crippen LogP contribution in [0.25, 0.3) is 0 Å². The van der Waals surface area contributed by atoms with E-state index in [-0.39, 0.29) is 0 Å². The van der Waals surface area contributed by atoms with Crippen LogP contribution < -0.4 is 0 Å². The van der Waals surface area contributed by atoms with Crippen molar-refractivity contribution < 1.29 is 0 Å². The highest BCUT2D eigenvalue weighted by atomic mass is 79.9. The molecule has 66 valence electrons. The Morgan fingerprint density at radius 3 is 2.75 bits per heavy atom. The zero-order valence-corrected chi connectivity index (χ0v) is 10.2. The van der Waals surface area contributed by atoms with E-state index >= 15 is 0 Å². The van der Waals surface area contributed by atoms with E-state index in [1.807, 2.05) is 6.07 Å². The van der Waals surface area contributed by atoms with Crippen molar-refractivity contribution in [3.8, 4) is 0 Å². The molecule has 1 nitrogen and oxygen atoms in total. The van der Waals surface area contributed by atoms with Gasteiger partial charge in [-0.1, -0.05) is 29.3 Å². The van der Waals surface area contributed by atoms with Crippen LogP contribution >= 0.6 is 31.9 Å². The third kappa shape index (κ3) is 2.56. The first-order valence-electron chi connectivity index (χ1n) is 4.04. The summed E-state index contributed by atoms with van der Waals surface area (Å²) in [4.78, 5) is 4.18. The van der Waals surface area contributed by atoms with Crippen LogP contribution in [0.1, 0.15) is 25.3 Å². The van der Waals surface area contributed by atoms with E-state index in [0.717, 1.165) is 15.5 Å². The van der Waals surface area contributed by atoms with Gasteiger partial charge >= 0.3 is 0 Å². The minimum atomic E-state index is 0.963. The van der Waals surface area contributed by atoms with Crippen molar-refractivity contribution in [1.29, 1.82) is 0 Å². The van der Waals surface area contributed by atoms with Gasteiger partial charge in [0.15, 0.2) is 0 Å². The van der Waals surface area contributed by atoms with Gasteiger partial charge in [-0.15, -0.1) is 0 Å². The maximum atomic E-state index is 4.18. The van der Waals surface area contributed by atoms with Crippen LogP contribution in [-0.4, -0.2) is 4.98 Å². The fraction of sp³-hybridized carbons (Fsp3) is 0.444. The normalized spacial score (nSPS) is 10.2. The maximum absolute atomic E-state index is 4.18. The summed E-state index contributed by atoms with van der Waals surface area (Å²) in [5.74, 6) is 0. The highest BCUT2D eigenvalue weighted by molar-refractivity contribution is 9.11. The van der Waals surface area contributed by atoms with Crippen LogP contribution in [0.5, 0.6) is 0 Å². The zero-order valence-electron chi connectivity index (χ0n) is 6.98. The molecule has 0 spiro atoms. The lowest BCUT2D eigenvalue weighted by atomic mass is 10.1. The van der Waals surface area contributed by atoms with E-state index < -0.39 is 0 Å². The van der Waals surface area contributed by atoms with Gasteiger partial charge in [-0.05, 0) is 40.4 Å². The predicted octanol–water partition coefficient (Wildman–Crippen LogP) is 3.95. The Morgan fingerprint density at radius 2 is 2.17 bits per heavy atom. The topological polar surface area (TPSA) is 12.9 Å². The molecule has 0 N–H and O–H groups in total. The summed E-state index contributed by atoms with van der Waals surface area (Å²) in [6.45, 7) is 2.19. The number of rotatable bonds is 3. The second-order valence-corrected chi connectivity index (χ2v) is 4.27. The third-order valence-electron chi connectivity index (χ3n) is 1.73. The Bertz CT molecular complexity index is 240. The number of hydrogen-bond donors (Lipinski definition) is 0. The molecular formula is C9H11Br2N. The van der Waals surface area contributed by atoms with Gasteiger partial charge in [0, 0.05) is 10.7 Å². The Kier molecular flexibility index (Phi) is 4.22. The first-order chi connectivity index (χ1) is 5.75. The summed E-state index contributed by atoms with van der Waals surface area (Å²) >= 11 is 6.94. The van der Waals surface area contributed by atoms with Crippen molar-refractivity contribution in [3.63, 3.8) is 0 Å². The summed E-state index contributed by atoms with van der Waals surface area (Å²) < 4.78 is 2.11. The molecule has 0 radical (unpaired) electrons.